The van der Waals surface area contributed by atoms with Gasteiger partial charge in [0.05, 0.1) is 12.7 Å². The minimum Gasteiger partial charge on any atom is -0.348 e. The van der Waals surface area contributed by atoms with E-state index in [1.54, 1.807) is 10.9 Å². The second-order valence-electron chi connectivity index (χ2n) is 6.23. The maximum Gasteiger partial charge on any atom is 0.273 e. The van der Waals surface area contributed by atoms with Gasteiger partial charge in [-0.3, -0.25) is 14.4 Å². The summed E-state index contributed by atoms with van der Waals surface area (Å²) in [5.41, 5.74) is 0.301. The number of aromatic nitrogens is 3. The summed E-state index contributed by atoms with van der Waals surface area (Å²) in [7, 11) is 0. The van der Waals surface area contributed by atoms with E-state index < -0.39 is 6.17 Å². The smallest absolute Gasteiger partial charge is 0.273 e. The maximum absolute atomic E-state index is 13.6. The van der Waals surface area contributed by atoms with Gasteiger partial charge in [0.25, 0.3) is 5.91 Å². The highest BCUT2D eigenvalue weighted by Crippen LogP contribution is 2.23. The number of nitrogens with one attached hydrogen (secondary N) is 1. The molecule has 21 heavy (non-hydrogen) atoms. The number of alkyl halides is 1. The van der Waals surface area contributed by atoms with E-state index in [0.29, 0.717) is 31.2 Å². The largest absolute Gasteiger partial charge is 0.348 e. The zero-order valence-electron chi connectivity index (χ0n) is 13.1. The third-order valence-electron chi connectivity index (χ3n) is 3.66. The standard InChI is InChI=1S/C14H24FN5O/c1-9(2)16-14(21)13-8-19(18-17-13)7-12-5-11(15)6-20(12)10(3)4/h8-12H,5-7H2,1-4H3,(H,16,21). The fourth-order valence-electron chi connectivity index (χ4n) is 2.74. The molecule has 1 amide bonds. The van der Waals surface area contributed by atoms with Crippen LogP contribution in [0.5, 0.6) is 0 Å². The zero-order chi connectivity index (χ0) is 15.6. The van der Waals surface area contributed by atoms with Crippen molar-refractivity contribution in [1.29, 1.82) is 0 Å². The molecule has 1 fully saturated rings. The van der Waals surface area contributed by atoms with Gasteiger partial charge in [-0.2, -0.15) is 0 Å². The van der Waals surface area contributed by atoms with Gasteiger partial charge in [-0.25, -0.2) is 4.39 Å². The predicted octanol–water partition coefficient (Wildman–Crippen LogP) is 1.24. The highest BCUT2D eigenvalue weighted by molar-refractivity contribution is 5.91. The van der Waals surface area contributed by atoms with Crippen LogP contribution in [0.4, 0.5) is 4.39 Å². The molecule has 1 aliphatic heterocycles. The number of hydrogen-bond acceptors (Lipinski definition) is 4. The SMILES string of the molecule is CC(C)NC(=O)c1cn(CC2CC(F)CN2C(C)C)nn1. The second kappa shape index (κ2) is 6.51. The molecule has 6 nitrogen and oxygen atoms in total. The summed E-state index contributed by atoms with van der Waals surface area (Å²) in [6.45, 7) is 8.94. The van der Waals surface area contributed by atoms with Crippen molar-refractivity contribution in [2.24, 2.45) is 0 Å². The summed E-state index contributed by atoms with van der Waals surface area (Å²) in [5.74, 6) is -0.230. The summed E-state index contributed by atoms with van der Waals surface area (Å²) in [6.07, 6.45) is 1.34. The van der Waals surface area contributed by atoms with Gasteiger partial charge in [0.2, 0.25) is 0 Å². The normalized spacial score (nSPS) is 23.2. The monoisotopic (exact) mass is 297 g/mol. The molecule has 1 aromatic rings. The van der Waals surface area contributed by atoms with Gasteiger partial charge in [0, 0.05) is 24.7 Å². The Bertz CT molecular complexity index is 487. The van der Waals surface area contributed by atoms with Crippen LogP contribution in [0.25, 0.3) is 0 Å². The Hall–Kier alpha value is -1.50. The van der Waals surface area contributed by atoms with Crippen LogP contribution >= 0.6 is 0 Å². The van der Waals surface area contributed by atoms with Crippen LogP contribution in [0, 0.1) is 0 Å². The summed E-state index contributed by atoms with van der Waals surface area (Å²) in [4.78, 5) is 14.0. The van der Waals surface area contributed by atoms with E-state index >= 15 is 0 Å². The molecule has 1 aromatic heterocycles. The molecule has 0 spiro atoms. The average molecular weight is 297 g/mol. The van der Waals surface area contributed by atoms with Gasteiger partial charge >= 0.3 is 0 Å². The predicted molar refractivity (Wildman–Crippen MR) is 77.8 cm³/mol. The number of hydrogen-bond donors (Lipinski definition) is 1. The first-order valence-electron chi connectivity index (χ1n) is 7.47. The van der Waals surface area contributed by atoms with Crippen LogP contribution in [-0.2, 0) is 6.54 Å². The lowest BCUT2D eigenvalue weighted by atomic mass is 10.2. The summed E-state index contributed by atoms with van der Waals surface area (Å²) < 4.78 is 15.2. The van der Waals surface area contributed by atoms with Crippen LogP contribution in [-0.4, -0.2) is 56.6 Å². The number of carbonyl (C=O) groups is 1. The fourth-order valence-corrected chi connectivity index (χ4v) is 2.74. The number of likely N-dealkylation sites (tertiary alicyclic amines) is 1. The molecule has 2 rings (SSSR count). The van der Waals surface area contributed by atoms with Crippen molar-refractivity contribution in [3.8, 4) is 0 Å². The topological polar surface area (TPSA) is 63.1 Å². The highest BCUT2D eigenvalue weighted by atomic mass is 19.1. The van der Waals surface area contributed by atoms with E-state index in [1.165, 1.54) is 0 Å². The van der Waals surface area contributed by atoms with E-state index in [2.05, 4.69) is 34.4 Å². The molecule has 0 aliphatic carbocycles. The Morgan fingerprint density at radius 2 is 2.19 bits per heavy atom. The van der Waals surface area contributed by atoms with Crippen LogP contribution in [0.1, 0.15) is 44.6 Å². The molecule has 118 valence electrons. The summed E-state index contributed by atoms with van der Waals surface area (Å²) >= 11 is 0. The Kier molecular flexibility index (Phi) is 4.92. The Labute approximate surface area is 124 Å². The quantitative estimate of drug-likeness (QED) is 0.888. The van der Waals surface area contributed by atoms with Crippen molar-refractivity contribution in [3.05, 3.63) is 11.9 Å². The number of nitrogens with zero attached hydrogens (tertiary/aromatic N) is 4. The molecule has 0 saturated carbocycles. The molecule has 1 saturated heterocycles. The van der Waals surface area contributed by atoms with Crippen molar-refractivity contribution in [3.63, 3.8) is 0 Å². The van der Waals surface area contributed by atoms with E-state index in [-0.39, 0.29) is 18.0 Å². The molecule has 0 bridgehead atoms. The lowest BCUT2D eigenvalue weighted by molar-refractivity contribution is 0.0938. The van der Waals surface area contributed by atoms with Gasteiger partial charge in [-0.05, 0) is 34.1 Å². The van der Waals surface area contributed by atoms with Gasteiger partial charge < -0.3 is 5.32 Å². The first-order valence-corrected chi connectivity index (χ1v) is 7.47. The molecule has 2 atom stereocenters. The third-order valence-corrected chi connectivity index (χ3v) is 3.66. The Balaban J connectivity index is 2.00. The van der Waals surface area contributed by atoms with Gasteiger partial charge in [-0.1, -0.05) is 5.21 Å². The molecule has 1 N–H and O–H groups in total. The van der Waals surface area contributed by atoms with Crippen LogP contribution in [0.3, 0.4) is 0 Å². The van der Waals surface area contributed by atoms with Crippen LogP contribution in [0.15, 0.2) is 6.20 Å². The third kappa shape index (κ3) is 4.00. The van der Waals surface area contributed by atoms with Gasteiger partial charge in [0.15, 0.2) is 5.69 Å². The van der Waals surface area contributed by atoms with Crippen molar-refractivity contribution >= 4 is 5.91 Å². The number of amides is 1. The van der Waals surface area contributed by atoms with E-state index in [9.17, 15) is 9.18 Å². The number of halogens is 1. The first-order chi connectivity index (χ1) is 9.86. The van der Waals surface area contributed by atoms with Gasteiger partial charge in [-0.15, -0.1) is 5.10 Å². The van der Waals surface area contributed by atoms with E-state index in [0.717, 1.165) is 0 Å². The van der Waals surface area contributed by atoms with Gasteiger partial charge in [0.1, 0.15) is 6.17 Å². The van der Waals surface area contributed by atoms with Crippen LogP contribution < -0.4 is 5.32 Å². The lowest BCUT2D eigenvalue weighted by Crippen LogP contribution is -2.38. The average Bonchev–Trinajstić information content (AvgIpc) is 2.96. The van der Waals surface area contributed by atoms with Crippen molar-refractivity contribution < 1.29 is 9.18 Å². The first kappa shape index (κ1) is 15.9. The van der Waals surface area contributed by atoms with E-state index in [1.807, 2.05) is 13.8 Å². The Morgan fingerprint density at radius 3 is 2.81 bits per heavy atom. The fraction of sp³-hybridized carbons (Fsp3) is 0.786. The lowest BCUT2D eigenvalue weighted by Gasteiger charge is -2.27. The number of carbonyl (C=O) groups excluding carboxylic acids is 1. The second-order valence-corrected chi connectivity index (χ2v) is 6.23. The zero-order valence-corrected chi connectivity index (χ0v) is 13.1. The molecule has 0 radical (unpaired) electrons. The van der Waals surface area contributed by atoms with Crippen LogP contribution in [0.2, 0.25) is 0 Å². The minimum absolute atomic E-state index is 0.0567. The molecule has 1 aliphatic rings. The van der Waals surface area contributed by atoms with Crippen molar-refractivity contribution in [1.82, 2.24) is 25.2 Å². The molecule has 0 aromatic carbocycles. The van der Waals surface area contributed by atoms with Crippen molar-refractivity contribution in [2.75, 3.05) is 6.54 Å². The molecule has 7 heteroatoms. The molecular formula is C14H24FN5O. The highest BCUT2D eigenvalue weighted by Gasteiger charge is 2.34. The number of rotatable bonds is 5. The van der Waals surface area contributed by atoms with Crippen molar-refractivity contribution in [2.45, 2.75) is 65.0 Å². The summed E-state index contributed by atoms with van der Waals surface area (Å²) in [5, 5.41) is 10.6. The van der Waals surface area contributed by atoms with E-state index in [4.69, 9.17) is 0 Å². The molecule has 2 heterocycles. The summed E-state index contributed by atoms with van der Waals surface area (Å²) in [6, 6.07) is 0.451. The molecular weight excluding hydrogens is 273 g/mol. The Morgan fingerprint density at radius 1 is 1.48 bits per heavy atom. The molecule has 2 unspecified atom stereocenters. The minimum atomic E-state index is -0.787. The maximum atomic E-state index is 13.6.